The van der Waals surface area contributed by atoms with Crippen LogP contribution in [0.2, 0.25) is 0 Å². The van der Waals surface area contributed by atoms with Crippen LogP contribution in [0.15, 0.2) is 271 Å². The fraction of sp³-hybridized carbons (Fsp3) is 0.0571. The van der Waals surface area contributed by atoms with Crippen molar-refractivity contribution in [1.82, 2.24) is 0 Å². The van der Waals surface area contributed by atoms with Gasteiger partial charge in [-0.2, -0.15) is 0 Å². The van der Waals surface area contributed by atoms with Crippen molar-refractivity contribution in [3.8, 4) is 77.9 Å². The molecule has 0 bridgehead atoms. The lowest BCUT2D eigenvalue weighted by Gasteiger charge is -2.16. The van der Waals surface area contributed by atoms with Crippen LogP contribution >= 0.6 is 0 Å². The largest absolute Gasteiger partial charge is 0.233 e. The summed E-state index contributed by atoms with van der Waals surface area (Å²) in [4.78, 5) is 10.8. The highest BCUT2D eigenvalue weighted by molar-refractivity contribution is 6.21. The van der Waals surface area contributed by atoms with E-state index < -0.39 is 0 Å². The summed E-state index contributed by atoms with van der Waals surface area (Å²) < 4.78 is 0. The molecule has 0 radical (unpaired) electrons. The van der Waals surface area contributed by atoms with Crippen molar-refractivity contribution >= 4 is 33.1 Å². The summed E-state index contributed by atoms with van der Waals surface area (Å²) in [6.45, 7) is 19.1. The Bertz CT molecular complexity index is 3850. The minimum absolute atomic E-state index is 0.533. The molecule has 2 nitrogen and oxygen atoms in total. The fourth-order valence-electron chi connectivity index (χ4n) is 10.5. The lowest BCUT2D eigenvalue weighted by Crippen LogP contribution is -2.05. The van der Waals surface area contributed by atoms with Crippen LogP contribution in [0.3, 0.4) is 0 Å². The maximum atomic E-state index is 5.46. The van der Waals surface area contributed by atoms with Crippen LogP contribution in [0.1, 0.15) is 37.0 Å². The zero-order chi connectivity index (χ0) is 49.3. The molecule has 0 fully saturated rings. The van der Waals surface area contributed by atoms with Crippen LogP contribution in [0.25, 0.3) is 99.4 Å². The Kier molecular flexibility index (Phi) is 12.3. The van der Waals surface area contributed by atoms with E-state index in [1.807, 2.05) is 30.4 Å². The van der Waals surface area contributed by atoms with Crippen LogP contribution in [0.5, 0.6) is 0 Å². The molecule has 0 saturated heterocycles. The van der Waals surface area contributed by atoms with Gasteiger partial charge in [0.25, 0.3) is 0 Å². The number of benzene rings is 9. The van der Waals surface area contributed by atoms with Crippen LogP contribution in [0, 0.1) is 6.92 Å². The highest BCUT2D eigenvalue weighted by Gasteiger charge is 2.25. The van der Waals surface area contributed by atoms with E-state index in [2.05, 4.69) is 229 Å². The maximum Gasteiger partial charge on any atom is 0.160 e. The number of aliphatic imine (C=N–C) groups is 2. The van der Waals surface area contributed by atoms with Gasteiger partial charge in [0, 0.05) is 11.3 Å². The number of rotatable bonds is 13. The Morgan fingerprint density at radius 1 is 0.472 bits per heavy atom. The summed E-state index contributed by atoms with van der Waals surface area (Å²) >= 11 is 0. The molecule has 0 N–H and O–H groups in total. The SMILES string of the molecule is C=C/C=C\C=C/CC(/C=C\C(=C)C(=C)N=C(N=C(C)c1ccc(-c2ccccc2)cc1)c1cc(-c2ccc3c4c(cccc24)-c2ccccc2-3)cc(-c2ccc3c4c(cccc24)-c2ccc(C)cc2-3)c1)=C/C. The Balaban J connectivity index is 1.09. The Morgan fingerprint density at radius 3 is 1.67 bits per heavy atom. The molecule has 2 heteroatoms. The maximum absolute atomic E-state index is 5.46. The topological polar surface area (TPSA) is 24.7 Å². The van der Waals surface area contributed by atoms with Gasteiger partial charge in [-0.3, -0.25) is 0 Å². The van der Waals surface area contributed by atoms with Crippen LogP contribution in [0.4, 0.5) is 0 Å². The fourth-order valence-corrected chi connectivity index (χ4v) is 10.5. The lowest BCUT2D eigenvalue weighted by atomic mass is 9.89. The van der Waals surface area contributed by atoms with Gasteiger partial charge < -0.3 is 0 Å². The van der Waals surface area contributed by atoms with Gasteiger partial charge in [0.2, 0.25) is 0 Å². The molecule has 0 aromatic heterocycles. The average Bonchev–Trinajstić information content (AvgIpc) is 3.92. The quantitative estimate of drug-likeness (QED) is 0.0625. The van der Waals surface area contributed by atoms with Crippen molar-refractivity contribution in [2.24, 2.45) is 9.98 Å². The van der Waals surface area contributed by atoms with Crippen molar-refractivity contribution in [2.75, 3.05) is 0 Å². The summed E-state index contributed by atoms with van der Waals surface area (Å²) in [6, 6.07) is 64.3. The first kappa shape index (κ1) is 45.5. The number of fused-ring (bicyclic) bond motifs is 6. The molecule has 2 aliphatic rings. The Labute approximate surface area is 423 Å². The van der Waals surface area contributed by atoms with Crippen LogP contribution < -0.4 is 0 Å². The van der Waals surface area contributed by atoms with E-state index in [1.54, 1.807) is 6.08 Å². The molecular formula is C70H54N2. The molecule has 0 atom stereocenters. The van der Waals surface area contributed by atoms with Gasteiger partial charge in [-0.15, -0.1) is 0 Å². The number of aryl methyl sites for hydroxylation is 1. The molecule has 0 spiro atoms. The third kappa shape index (κ3) is 8.48. The molecule has 72 heavy (non-hydrogen) atoms. The molecule has 0 unspecified atom stereocenters. The lowest BCUT2D eigenvalue weighted by molar-refractivity contribution is 1.26. The second-order valence-corrected chi connectivity index (χ2v) is 18.7. The smallest absolute Gasteiger partial charge is 0.160 e. The number of hydrogen-bond donors (Lipinski definition) is 0. The summed E-state index contributed by atoms with van der Waals surface area (Å²) in [5.74, 6) is 0.553. The summed E-state index contributed by atoms with van der Waals surface area (Å²) in [5, 5.41) is 4.99. The molecule has 0 heterocycles. The number of hydrogen-bond acceptors (Lipinski definition) is 1. The Morgan fingerprint density at radius 2 is 1.03 bits per heavy atom. The highest BCUT2D eigenvalue weighted by Crippen LogP contribution is 2.52. The van der Waals surface area contributed by atoms with E-state index in [-0.39, 0.29) is 0 Å². The standard InChI is InChI=1S/C70H54N2/c1-7-9-10-11-13-20-49(8-2)31-30-46(4)47(5)71-70(72-48(6)50-32-34-52(35-33-50)51-21-14-12-15-22-51)55-43-53(56-37-39-65-59-24-17-16-23-58(59)63-27-18-25-61(56)68(63)65)42-54(44-55)57-38-40-66-67-41-45(3)29-36-60(67)64-28-19-26-62(57)69(64)66/h7-19,21-44H,1,4-5,20H2,2-3,6H3/b10-9-,13-11-,31-30-,49-8-,71-70?,72-48?. The van der Waals surface area contributed by atoms with Gasteiger partial charge in [-0.1, -0.05) is 232 Å². The average molecular weight is 923 g/mol. The Hall–Kier alpha value is -8.98. The summed E-state index contributed by atoms with van der Waals surface area (Å²) in [5.41, 5.74) is 23.3. The van der Waals surface area contributed by atoms with E-state index in [0.29, 0.717) is 17.1 Å². The van der Waals surface area contributed by atoms with Gasteiger partial charge in [-0.05, 0) is 162 Å². The molecule has 2 aliphatic carbocycles. The van der Waals surface area contributed by atoms with E-state index in [1.165, 1.54) is 77.2 Å². The third-order valence-electron chi connectivity index (χ3n) is 14.2. The van der Waals surface area contributed by atoms with Crippen LogP contribution in [-0.4, -0.2) is 11.5 Å². The zero-order valence-electron chi connectivity index (χ0n) is 41.1. The van der Waals surface area contributed by atoms with Crippen molar-refractivity contribution in [3.05, 3.63) is 278 Å². The van der Waals surface area contributed by atoms with Crippen LogP contribution in [-0.2, 0) is 0 Å². The van der Waals surface area contributed by atoms with Crippen molar-refractivity contribution in [1.29, 1.82) is 0 Å². The third-order valence-corrected chi connectivity index (χ3v) is 14.2. The number of allylic oxidation sites excluding steroid dienone is 9. The number of nitrogens with zero attached hydrogens (tertiary/aromatic N) is 2. The van der Waals surface area contributed by atoms with E-state index in [9.17, 15) is 0 Å². The predicted molar refractivity (Wildman–Crippen MR) is 311 cm³/mol. The first-order chi connectivity index (χ1) is 35.3. The molecule has 344 valence electrons. The van der Waals surface area contributed by atoms with Gasteiger partial charge in [0.15, 0.2) is 5.84 Å². The molecular weight excluding hydrogens is 869 g/mol. The van der Waals surface area contributed by atoms with Gasteiger partial charge in [0.05, 0.1) is 5.70 Å². The molecule has 0 saturated carbocycles. The predicted octanol–water partition coefficient (Wildman–Crippen LogP) is 19.1. The minimum Gasteiger partial charge on any atom is -0.233 e. The second kappa shape index (κ2) is 19.4. The van der Waals surface area contributed by atoms with Crippen molar-refractivity contribution in [2.45, 2.75) is 27.2 Å². The normalized spacial score (nSPS) is 13.0. The monoisotopic (exact) mass is 922 g/mol. The number of amidine groups is 1. The van der Waals surface area contributed by atoms with Gasteiger partial charge >= 0.3 is 0 Å². The first-order valence-corrected chi connectivity index (χ1v) is 24.7. The van der Waals surface area contributed by atoms with Gasteiger partial charge in [-0.25, -0.2) is 9.98 Å². The molecule has 0 amide bonds. The summed E-state index contributed by atoms with van der Waals surface area (Å²) in [7, 11) is 0. The van der Waals surface area contributed by atoms with E-state index in [0.717, 1.165) is 56.6 Å². The van der Waals surface area contributed by atoms with Crippen molar-refractivity contribution in [3.63, 3.8) is 0 Å². The molecule has 0 aliphatic heterocycles. The highest BCUT2D eigenvalue weighted by atomic mass is 14.9. The second-order valence-electron chi connectivity index (χ2n) is 18.7. The molecule has 9 aromatic rings. The minimum atomic E-state index is 0.533. The van der Waals surface area contributed by atoms with E-state index in [4.69, 9.17) is 9.98 Å². The zero-order valence-corrected chi connectivity index (χ0v) is 41.1. The van der Waals surface area contributed by atoms with Crippen molar-refractivity contribution < 1.29 is 0 Å². The van der Waals surface area contributed by atoms with E-state index >= 15 is 0 Å². The molecule has 11 rings (SSSR count). The van der Waals surface area contributed by atoms with Gasteiger partial charge in [0.1, 0.15) is 0 Å². The first-order valence-electron chi connectivity index (χ1n) is 24.7. The molecule has 9 aromatic carbocycles. The summed E-state index contributed by atoms with van der Waals surface area (Å²) in [6.07, 6.45) is 16.8.